The standard InChI is InChI=1S/C9H7BrN2O2.ClH/c1-14-6-3-2-5(10)7-8(6)11-4-12-9(7)13;/h2-4H,1H3,(H,11,12,13);1H. The van der Waals surface area contributed by atoms with Crippen molar-refractivity contribution in [3.63, 3.8) is 0 Å². The lowest BCUT2D eigenvalue weighted by molar-refractivity contribution is 0.418. The SMILES string of the molecule is COc1ccc(Br)c2c(=O)[nH]cnc12.Cl. The molecule has 6 heteroatoms. The minimum atomic E-state index is -0.180. The van der Waals surface area contributed by atoms with Crippen LogP contribution in [0, 0.1) is 0 Å². The molecule has 4 nitrogen and oxygen atoms in total. The zero-order chi connectivity index (χ0) is 10.1. The van der Waals surface area contributed by atoms with Crippen LogP contribution in [0.25, 0.3) is 10.9 Å². The summed E-state index contributed by atoms with van der Waals surface area (Å²) in [7, 11) is 1.55. The maximum absolute atomic E-state index is 11.5. The largest absolute Gasteiger partial charge is 0.494 e. The Kier molecular flexibility index (Phi) is 3.71. The lowest BCUT2D eigenvalue weighted by Crippen LogP contribution is -2.07. The maximum atomic E-state index is 11.5. The molecule has 1 aromatic carbocycles. The van der Waals surface area contributed by atoms with Crippen LogP contribution < -0.4 is 10.3 Å². The molecule has 0 unspecified atom stereocenters. The monoisotopic (exact) mass is 290 g/mol. The Morgan fingerprint density at radius 3 is 2.87 bits per heavy atom. The van der Waals surface area contributed by atoms with Gasteiger partial charge in [-0.15, -0.1) is 12.4 Å². The number of benzene rings is 1. The van der Waals surface area contributed by atoms with Crippen molar-refractivity contribution in [1.29, 1.82) is 0 Å². The number of hydrogen-bond acceptors (Lipinski definition) is 3. The smallest absolute Gasteiger partial charge is 0.259 e. The van der Waals surface area contributed by atoms with Crippen molar-refractivity contribution in [2.45, 2.75) is 0 Å². The van der Waals surface area contributed by atoms with Crippen molar-refractivity contribution < 1.29 is 4.74 Å². The number of halogens is 2. The Morgan fingerprint density at radius 1 is 1.47 bits per heavy atom. The van der Waals surface area contributed by atoms with E-state index >= 15 is 0 Å². The zero-order valence-corrected chi connectivity index (χ0v) is 10.2. The van der Waals surface area contributed by atoms with Crippen LogP contribution in [0.3, 0.4) is 0 Å². The molecule has 0 fully saturated rings. The van der Waals surface area contributed by atoms with Crippen molar-refractivity contribution >= 4 is 39.2 Å². The summed E-state index contributed by atoms with van der Waals surface area (Å²) >= 11 is 3.30. The maximum Gasteiger partial charge on any atom is 0.259 e. The summed E-state index contributed by atoms with van der Waals surface area (Å²) in [5, 5.41) is 0.506. The fourth-order valence-electron chi connectivity index (χ4n) is 1.28. The number of H-pyrrole nitrogens is 1. The second kappa shape index (κ2) is 4.63. The average Bonchev–Trinajstić information content (AvgIpc) is 2.18. The molecular formula is C9H8BrClN2O2. The highest BCUT2D eigenvalue weighted by molar-refractivity contribution is 9.10. The van der Waals surface area contributed by atoms with Gasteiger partial charge in [0.15, 0.2) is 0 Å². The summed E-state index contributed by atoms with van der Waals surface area (Å²) in [5.74, 6) is 0.592. The highest BCUT2D eigenvalue weighted by Crippen LogP contribution is 2.26. The zero-order valence-electron chi connectivity index (χ0n) is 7.78. The van der Waals surface area contributed by atoms with Gasteiger partial charge in [-0.2, -0.15) is 0 Å². The Morgan fingerprint density at radius 2 is 2.20 bits per heavy atom. The number of aromatic nitrogens is 2. The third-order valence-corrected chi connectivity index (χ3v) is 2.59. The number of hydrogen-bond donors (Lipinski definition) is 1. The Balaban J connectivity index is 0.00000112. The summed E-state index contributed by atoms with van der Waals surface area (Å²) in [4.78, 5) is 18.1. The molecule has 0 aliphatic rings. The highest BCUT2D eigenvalue weighted by atomic mass is 79.9. The molecule has 0 radical (unpaired) electrons. The molecule has 0 aliphatic heterocycles. The van der Waals surface area contributed by atoms with Crippen LogP contribution in [0.4, 0.5) is 0 Å². The van der Waals surface area contributed by atoms with Gasteiger partial charge in [0.25, 0.3) is 5.56 Å². The Bertz CT molecular complexity index is 541. The first-order chi connectivity index (χ1) is 6.74. The van der Waals surface area contributed by atoms with Crippen molar-refractivity contribution in [3.8, 4) is 5.75 Å². The van der Waals surface area contributed by atoms with E-state index in [-0.39, 0.29) is 18.0 Å². The van der Waals surface area contributed by atoms with E-state index in [1.165, 1.54) is 6.33 Å². The molecular weight excluding hydrogens is 283 g/mol. The van der Waals surface area contributed by atoms with Crippen LogP contribution in [-0.4, -0.2) is 17.1 Å². The second-order valence-corrected chi connectivity index (χ2v) is 3.56. The average molecular weight is 292 g/mol. The van der Waals surface area contributed by atoms with E-state index in [9.17, 15) is 4.79 Å². The van der Waals surface area contributed by atoms with Crippen LogP contribution in [0.2, 0.25) is 0 Å². The quantitative estimate of drug-likeness (QED) is 0.875. The van der Waals surface area contributed by atoms with E-state index < -0.39 is 0 Å². The number of nitrogens with one attached hydrogen (secondary N) is 1. The van der Waals surface area contributed by atoms with Gasteiger partial charge in [0.05, 0.1) is 18.8 Å². The molecule has 80 valence electrons. The number of methoxy groups -OCH3 is 1. The van der Waals surface area contributed by atoms with Gasteiger partial charge < -0.3 is 9.72 Å². The summed E-state index contributed by atoms with van der Waals surface area (Å²) in [6, 6.07) is 3.52. The van der Waals surface area contributed by atoms with Crippen LogP contribution in [0.1, 0.15) is 0 Å². The van der Waals surface area contributed by atoms with Gasteiger partial charge in [0, 0.05) is 4.47 Å². The molecule has 1 aromatic heterocycles. The minimum absolute atomic E-state index is 0. The lowest BCUT2D eigenvalue weighted by atomic mass is 10.2. The Labute approximate surface area is 100 Å². The molecule has 0 saturated heterocycles. The van der Waals surface area contributed by atoms with E-state index in [0.29, 0.717) is 21.1 Å². The first kappa shape index (κ1) is 12.0. The molecule has 0 spiro atoms. The predicted octanol–water partition coefficient (Wildman–Crippen LogP) is 2.12. The molecule has 0 aliphatic carbocycles. The van der Waals surface area contributed by atoms with Crippen molar-refractivity contribution in [1.82, 2.24) is 9.97 Å². The molecule has 2 aromatic rings. The molecule has 1 heterocycles. The summed E-state index contributed by atoms with van der Waals surface area (Å²) in [5.41, 5.74) is 0.381. The van der Waals surface area contributed by atoms with Crippen LogP contribution in [-0.2, 0) is 0 Å². The van der Waals surface area contributed by atoms with Crippen LogP contribution >= 0.6 is 28.3 Å². The van der Waals surface area contributed by atoms with Gasteiger partial charge in [-0.3, -0.25) is 4.79 Å². The van der Waals surface area contributed by atoms with Crippen LogP contribution in [0.15, 0.2) is 27.7 Å². The number of ether oxygens (including phenoxy) is 1. The normalized spacial score (nSPS) is 9.73. The Hall–Kier alpha value is -1.07. The van der Waals surface area contributed by atoms with E-state index in [2.05, 4.69) is 25.9 Å². The number of rotatable bonds is 1. The van der Waals surface area contributed by atoms with Crippen molar-refractivity contribution in [2.24, 2.45) is 0 Å². The topological polar surface area (TPSA) is 55.0 Å². The van der Waals surface area contributed by atoms with Gasteiger partial charge in [-0.05, 0) is 28.1 Å². The van der Waals surface area contributed by atoms with Gasteiger partial charge in [-0.1, -0.05) is 0 Å². The summed E-state index contributed by atoms with van der Waals surface area (Å²) < 4.78 is 5.81. The summed E-state index contributed by atoms with van der Waals surface area (Å²) in [6.45, 7) is 0. The molecule has 0 bridgehead atoms. The van der Waals surface area contributed by atoms with E-state index in [4.69, 9.17) is 4.74 Å². The van der Waals surface area contributed by atoms with Crippen molar-refractivity contribution in [2.75, 3.05) is 7.11 Å². The number of fused-ring (bicyclic) bond motifs is 1. The third-order valence-electron chi connectivity index (χ3n) is 1.93. The minimum Gasteiger partial charge on any atom is -0.494 e. The van der Waals surface area contributed by atoms with Crippen molar-refractivity contribution in [3.05, 3.63) is 33.3 Å². The molecule has 1 N–H and O–H groups in total. The van der Waals surface area contributed by atoms with Gasteiger partial charge >= 0.3 is 0 Å². The van der Waals surface area contributed by atoms with E-state index in [0.717, 1.165) is 0 Å². The first-order valence-corrected chi connectivity index (χ1v) is 4.73. The van der Waals surface area contributed by atoms with Gasteiger partial charge in [0.1, 0.15) is 11.3 Å². The number of aromatic amines is 1. The summed E-state index contributed by atoms with van der Waals surface area (Å²) in [6.07, 6.45) is 1.36. The molecule has 2 rings (SSSR count). The first-order valence-electron chi connectivity index (χ1n) is 3.94. The van der Waals surface area contributed by atoms with Gasteiger partial charge in [0.2, 0.25) is 0 Å². The molecule has 0 amide bonds. The van der Waals surface area contributed by atoms with E-state index in [1.807, 2.05) is 0 Å². The fourth-order valence-corrected chi connectivity index (χ4v) is 1.78. The third kappa shape index (κ3) is 1.98. The molecule has 0 saturated carbocycles. The van der Waals surface area contributed by atoms with Crippen LogP contribution in [0.5, 0.6) is 5.75 Å². The molecule has 0 atom stereocenters. The number of nitrogens with zero attached hydrogens (tertiary/aromatic N) is 1. The van der Waals surface area contributed by atoms with E-state index in [1.54, 1.807) is 19.2 Å². The second-order valence-electron chi connectivity index (χ2n) is 2.70. The molecule has 15 heavy (non-hydrogen) atoms. The fraction of sp³-hybridized carbons (Fsp3) is 0.111. The lowest BCUT2D eigenvalue weighted by Gasteiger charge is -2.04. The van der Waals surface area contributed by atoms with Gasteiger partial charge in [-0.25, -0.2) is 4.98 Å². The highest BCUT2D eigenvalue weighted by Gasteiger charge is 2.08. The predicted molar refractivity (Wildman–Crippen MR) is 63.9 cm³/mol.